The van der Waals surface area contributed by atoms with Crippen molar-refractivity contribution in [3.63, 3.8) is 0 Å². The Morgan fingerprint density at radius 1 is 1.13 bits per heavy atom. The van der Waals surface area contributed by atoms with Crippen LogP contribution in [0.25, 0.3) is 0 Å². The number of carboxylic acids is 1. The monoisotopic (exact) mass is 667 g/mol. The first kappa shape index (κ1) is 36.9. The van der Waals surface area contributed by atoms with Crippen molar-refractivity contribution < 1.29 is 34.1 Å². The van der Waals surface area contributed by atoms with Gasteiger partial charge in [0.15, 0.2) is 0 Å². The van der Waals surface area contributed by atoms with Gasteiger partial charge < -0.3 is 25.0 Å². The van der Waals surface area contributed by atoms with E-state index in [1.54, 1.807) is 6.92 Å². The van der Waals surface area contributed by atoms with Gasteiger partial charge in [-0.25, -0.2) is 0 Å². The van der Waals surface area contributed by atoms with Gasteiger partial charge in [-0.15, -0.1) is 11.8 Å². The zero-order valence-electron chi connectivity index (χ0n) is 28.0. The number of esters is 1. The molecular formula is C38H53NO7S. The normalized spacial score (nSPS) is 26.0. The second kappa shape index (κ2) is 18.5. The molecule has 0 aromatic heterocycles. The molecule has 8 nitrogen and oxygen atoms in total. The van der Waals surface area contributed by atoms with E-state index in [-0.39, 0.29) is 42.2 Å². The lowest BCUT2D eigenvalue weighted by Gasteiger charge is -2.31. The van der Waals surface area contributed by atoms with Gasteiger partial charge in [0.25, 0.3) is 0 Å². The summed E-state index contributed by atoms with van der Waals surface area (Å²) in [4.78, 5) is 38.0. The molecule has 4 rings (SSSR count). The highest BCUT2D eigenvalue weighted by molar-refractivity contribution is 7.80. The first-order valence-corrected chi connectivity index (χ1v) is 18.2. The number of carboxylic acid groups (broad SMARTS) is 1. The number of ether oxygens (including phenoxy) is 2. The number of benzene rings is 1. The van der Waals surface area contributed by atoms with E-state index in [9.17, 15) is 19.5 Å². The third-order valence-electron chi connectivity index (χ3n) is 10.1. The quantitative estimate of drug-likeness (QED) is 0.0510. The van der Waals surface area contributed by atoms with Gasteiger partial charge in [0.2, 0.25) is 5.91 Å². The average molecular weight is 668 g/mol. The highest BCUT2D eigenvalue weighted by atomic mass is 32.1. The molecule has 1 aromatic rings. The minimum Gasteiger partial charge on any atom is -0.489 e. The van der Waals surface area contributed by atoms with Gasteiger partial charge in [-0.05, 0) is 62.8 Å². The van der Waals surface area contributed by atoms with Gasteiger partial charge in [0.1, 0.15) is 18.0 Å². The van der Waals surface area contributed by atoms with Crippen molar-refractivity contribution in [1.82, 2.24) is 5.32 Å². The second-order valence-corrected chi connectivity index (χ2v) is 13.9. The number of para-hydroxylation sites is 1. The van der Waals surface area contributed by atoms with Crippen LogP contribution in [0.3, 0.4) is 0 Å². The minimum absolute atomic E-state index is 0.0536. The van der Waals surface area contributed by atoms with Crippen LogP contribution in [-0.2, 0) is 25.5 Å². The Labute approximate surface area is 285 Å². The summed E-state index contributed by atoms with van der Waals surface area (Å²) in [6, 6.07) is 5.99. The summed E-state index contributed by atoms with van der Waals surface area (Å²) in [5.74, 6) is 5.29. The number of hydrogen-bond donors (Lipinski definition) is 4. The molecule has 0 saturated heterocycles. The number of nitrogens with one attached hydrogen (secondary N) is 1. The molecule has 9 heteroatoms. The van der Waals surface area contributed by atoms with Crippen LogP contribution in [0.4, 0.5) is 0 Å². The Morgan fingerprint density at radius 3 is 2.64 bits per heavy atom. The molecule has 0 radical (unpaired) electrons. The van der Waals surface area contributed by atoms with Crippen molar-refractivity contribution in [2.24, 2.45) is 23.7 Å². The molecule has 2 aliphatic carbocycles. The molecule has 2 saturated carbocycles. The molecule has 258 valence electrons. The molecule has 3 N–H and O–H groups in total. The average Bonchev–Trinajstić information content (AvgIpc) is 3.57. The van der Waals surface area contributed by atoms with Crippen molar-refractivity contribution in [1.29, 1.82) is 0 Å². The van der Waals surface area contributed by atoms with Crippen LogP contribution in [0, 0.1) is 35.5 Å². The molecule has 1 heterocycles. The first-order chi connectivity index (χ1) is 22.7. The Kier molecular flexibility index (Phi) is 14.5. The fraction of sp³-hybridized carbons (Fsp3) is 0.658. The van der Waals surface area contributed by atoms with Gasteiger partial charge in [0, 0.05) is 49.1 Å². The second-order valence-electron chi connectivity index (χ2n) is 13.5. The number of fused-ring (bicyclic) bond motifs is 3. The van der Waals surface area contributed by atoms with E-state index < -0.39 is 30.0 Å². The number of aliphatic hydroxyl groups is 1. The zero-order valence-corrected chi connectivity index (χ0v) is 28.9. The van der Waals surface area contributed by atoms with Gasteiger partial charge in [-0.3, -0.25) is 14.4 Å². The van der Waals surface area contributed by atoms with E-state index >= 15 is 0 Å². The van der Waals surface area contributed by atoms with Crippen LogP contribution in [0.2, 0.25) is 0 Å². The summed E-state index contributed by atoms with van der Waals surface area (Å²) >= 11 is 4.26. The number of carbonyl (C=O) groups is 3. The zero-order chi connectivity index (χ0) is 33.8. The van der Waals surface area contributed by atoms with E-state index in [1.807, 2.05) is 37.3 Å². The van der Waals surface area contributed by atoms with Crippen LogP contribution in [0.1, 0.15) is 108 Å². The standard InChI is InChI=1S/C38H53NO7S/c1-3-4-13-25(2)32(46-38(44)28-17-8-7-16-27(28)37(43)39-22-9-5-6-10-23-47)21-20-29-31(40)24-33-35(29)30-18-11-14-26(36(30)45-33)15-12-19-34(41)42/h11,14,18,20-21,25,27-29,31-33,35,40,47H,5-10,12-13,15-17,19,22-24H2,1-2H3,(H,39,43)(H,41,42)/b21-20+/t25?,27-,28+,29+,31?,32-,33+,35+/m1/s1. The molecule has 8 atom stereocenters. The summed E-state index contributed by atoms with van der Waals surface area (Å²) in [6.07, 6.45) is 12.1. The van der Waals surface area contributed by atoms with E-state index in [2.05, 4.69) is 29.8 Å². The van der Waals surface area contributed by atoms with Crippen LogP contribution in [0.5, 0.6) is 5.75 Å². The number of carbonyl (C=O) groups excluding carboxylic acids is 2. The van der Waals surface area contributed by atoms with Crippen LogP contribution >= 0.6 is 12.6 Å². The summed E-state index contributed by atoms with van der Waals surface area (Å²) in [5.41, 5.74) is 2.03. The number of amides is 1. The molecule has 3 aliphatic rings. The summed E-state index contributed by atoms with van der Waals surface area (Å²) in [6.45, 7) is 4.42. The third kappa shape index (κ3) is 10.0. The van der Waals surface area contributed by atoms with Gasteiger partial charge >= 0.3 is 11.9 Å². The Bertz CT molecular complexity index is 1300. The van der Waals surface area contributed by atoms with Crippen LogP contribution in [0.15, 0.2) is 30.4 Å². The summed E-state index contributed by atoms with van der Waals surface area (Å²) < 4.78 is 12.6. The Morgan fingerprint density at radius 2 is 1.89 bits per heavy atom. The molecule has 0 bridgehead atoms. The molecule has 0 spiro atoms. The number of aryl methyl sites for hydroxylation is 1. The number of aliphatic carboxylic acids is 1. The molecule has 2 fully saturated rings. The predicted molar refractivity (Wildman–Crippen MR) is 185 cm³/mol. The number of hydrogen-bond acceptors (Lipinski definition) is 7. The SMILES string of the molecule is CC#CCC(C)[C@@H](/C=C/[C@H]1C(O)C[C@@H]2Oc3c(CCCC(=O)O)cccc3[C@@H]21)OC(=O)[C@H]1CCCC[C@H]1C(=O)NCCCCCCS. The van der Waals surface area contributed by atoms with Crippen molar-refractivity contribution in [2.45, 2.75) is 122 Å². The van der Waals surface area contributed by atoms with E-state index in [1.165, 1.54) is 0 Å². The smallest absolute Gasteiger partial charge is 0.310 e. The maximum Gasteiger partial charge on any atom is 0.310 e. The molecule has 1 aliphatic heterocycles. The minimum atomic E-state index is -0.814. The first-order valence-electron chi connectivity index (χ1n) is 17.6. The number of thiol groups is 1. The third-order valence-corrected chi connectivity index (χ3v) is 10.4. The van der Waals surface area contributed by atoms with Gasteiger partial charge in [-0.1, -0.05) is 56.9 Å². The van der Waals surface area contributed by atoms with Crippen molar-refractivity contribution >= 4 is 30.5 Å². The van der Waals surface area contributed by atoms with Crippen LogP contribution in [-0.4, -0.2) is 58.7 Å². The number of unbranched alkanes of at least 4 members (excludes halogenated alkanes) is 3. The molecular weight excluding hydrogens is 614 g/mol. The highest BCUT2D eigenvalue weighted by Gasteiger charge is 2.49. The molecule has 47 heavy (non-hydrogen) atoms. The van der Waals surface area contributed by atoms with Crippen molar-refractivity contribution in [3.8, 4) is 17.6 Å². The van der Waals surface area contributed by atoms with E-state index in [4.69, 9.17) is 14.6 Å². The maximum atomic E-state index is 13.7. The number of aliphatic hydroxyl groups excluding tert-OH is 1. The lowest BCUT2D eigenvalue weighted by Crippen LogP contribution is -2.41. The van der Waals surface area contributed by atoms with Crippen LogP contribution < -0.4 is 10.1 Å². The fourth-order valence-electron chi connectivity index (χ4n) is 7.44. The topological polar surface area (TPSA) is 122 Å². The largest absolute Gasteiger partial charge is 0.489 e. The number of rotatable bonds is 17. The van der Waals surface area contributed by atoms with Crippen molar-refractivity contribution in [2.75, 3.05) is 12.3 Å². The summed E-state index contributed by atoms with van der Waals surface area (Å²) in [5, 5.41) is 23.3. The Balaban J connectivity index is 1.46. The van der Waals surface area contributed by atoms with E-state index in [0.29, 0.717) is 45.1 Å². The predicted octanol–water partition coefficient (Wildman–Crippen LogP) is 6.25. The van der Waals surface area contributed by atoms with Crippen molar-refractivity contribution in [3.05, 3.63) is 41.5 Å². The fourth-order valence-corrected chi connectivity index (χ4v) is 7.66. The molecule has 2 unspecified atom stereocenters. The highest BCUT2D eigenvalue weighted by Crippen LogP contribution is 2.52. The molecule has 1 aromatic carbocycles. The maximum absolute atomic E-state index is 13.7. The molecule has 1 amide bonds. The summed E-state index contributed by atoms with van der Waals surface area (Å²) in [7, 11) is 0. The van der Waals surface area contributed by atoms with E-state index in [0.717, 1.165) is 61.2 Å². The lowest BCUT2D eigenvalue weighted by atomic mass is 9.78. The lowest BCUT2D eigenvalue weighted by molar-refractivity contribution is -0.159. The Hall–Kier alpha value is -2.96. The van der Waals surface area contributed by atoms with Gasteiger partial charge in [0.05, 0.1) is 17.9 Å². The van der Waals surface area contributed by atoms with Gasteiger partial charge in [-0.2, -0.15) is 12.6 Å².